The molecule has 0 aliphatic carbocycles. The van der Waals surface area contributed by atoms with E-state index >= 15 is 0 Å². The fourth-order valence-corrected chi connectivity index (χ4v) is 4.31. The van der Waals surface area contributed by atoms with Gasteiger partial charge in [-0.15, -0.1) is 11.8 Å². The number of esters is 1. The smallest absolute Gasteiger partial charge is 0.306 e. The Bertz CT molecular complexity index is 898. The van der Waals surface area contributed by atoms with Crippen molar-refractivity contribution in [1.82, 2.24) is 0 Å². The zero-order valence-electron chi connectivity index (χ0n) is 16.5. The molecular weight excluding hydrogens is 388 g/mol. The lowest BCUT2D eigenvalue weighted by Crippen LogP contribution is -2.27. The number of carbonyl (C=O) groups is 3. The number of hydrogen-bond donors (Lipinski definition) is 1. The maximum absolute atomic E-state index is 12.5. The Labute approximate surface area is 174 Å². The molecule has 1 fully saturated rings. The topological polar surface area (TPSA) is 75.7 Å². The zero-order chi connectivity index (χ0) is 20.8. The third-order valence-corrected chi connectivity index (χ3v) is 5.70. The van der Waals surface area contributed by atoms with Crippen LogP contribution in [-0.2, 0) is 19.1 Å². The van der Waals surface area contributed by atoms with E-state index in [2.05, 4.69) is 5.32 Å². The lowest BCUT2D eigenvalue weighted by molar-refractivity contribution is -0.144. The fraction of sp³-hybridized carbons (Fsp3) is 0.318. The van der Waals surface area contributed by atoms with Gasteiger partial charge in [-0.25, -0.2) is 0 Å². The van der Waals surface area contributed by atoms with Gasteiger partial charge >= 0.3 is 5.97 Å². The molecule has 1 aliphatic heterocycles. The second-order valence-corrected chi connectivity index (χ2v) is 7.81. The van der Waals surface area contributed by atoms with Crippen LogP contribution in [0.2, 0.25) is 0 Å². The minimum absolute atomic E-state index is 0.0596. The molecule has 2 amide bonds. The van der Waals surface area contributed by atoms with Gasteiger partial charge in [-0.1, -0.05) is 24.3 Å². The molecule has 0 bridgehead atoms. The number of anilines is 2. The van der Waals surface area contributed by atoms with Gasteiger partial charge in [-0.2, -0.15) is 0 Å². The maximum Gasteiger partial charge on any atom is 0.306 e. The van der Waals surface area contributed by atoms with Crippen molar-refractivity contribution < 1.29 is 19.1 Å². The van der Waals surface area contributed by atoms with Crippen LogP contribution in [0, 0.1) is 6.92 Å². The molecule has 0 saturated carbocycles. The van der Waals surface area contributed by atoms with Gasteiger partial charge in [-0.3, -0.25) is 19.3 Å². The summed E-state index contributed by atoms with van der Waals surface area (Å²) in [6.07, 6.45) is 0.138. The van der Waals surface area contributed by atoms with E-state index in [1.807, 2.05) is 60.4 Å². The number of aryl methyl sites for hydroxylation is 1. The van der Waals surface area contributed by atoms with Crippen LogP contribution in [0.4, 0.5) is 11.4 Å². The summed E-state index contributed by atoms with van der Waals surface area (Å²) in [6, 6.07) is 15.4. The second-order valence-electron chi connectivity index (χ2n) is 6.74. The molecule has 6 nitrogen and oxygen atoms in total. The van der Waals surface area contributed by atoms with Gasteiger partial charge in [0.25, 0.3) is 0 Å². The summed E-state index contributed by atoms with van der Waals surface area (Å²) in [4.78, 5) is 37.6. The molecule has 3 rings (SSSR count). The van der Waals surface area contributed by atoms with Crippen molar-refractivity contribution in [3.8, 4) is 0 Å². The highest BCUT2D eigenvalue weighted by atomic mass is 32.2. The van der Waals surface area contributed by atoms with Crippen LogP contribution in [0.5, 0.6) is 0 Å². The normalized spacial score (nSPS) is 16.0. The molecule has 0 unspecified atom stereocenters. The Kier molecular flexibility index (Phi) is 6.93. The Balaban J connectivity index is 1.65. The predicted molar refractivity (Wildman–Crippen MR) is 115 cm³/mol. The van der Waals surface area contributed by atoms with Gasteiger partial charge in [0.15, 0.2) is 0 Å². The Morgan fingerprint density at radius 1 is 1.17 bits per heavy atom. The zero-order valence-corrected chi connectivity index (χ0v) is 17.3. The summed E-state index contributed by atoms with van der Waals surface area (Å²) in [6.45, 7) is 4.05. The minimum atomic E-state index is -0.378. The lowest BCUT2D eigenvalue weighted by Gasteiger charge is -2.25. The molecule has 2 aromatic rings. The Hall–Kier alpha value is -2.80. The first kappa shape index (κ1) is 20.9. The van der Waals surface area contributed by atoms with Crippen LogP contribution < -0.4 is 10.2 Å². The minimum Gasteiger partial charge on any atom is -0.466 e. The number of ether oxygens (including phenoxy) is 1. The number of carbonyl (C=O) groups excluding carboxylic acids is 3. The lowest BCUT2D eigenvalue weighted by atomic mass is 10.1. The third kappa shape index (κ3) is 5.38. The SMILES string of the molecule is CCOC(=O)CCC(=O)Nc1ccc([C@@H]2SCC(=O)N2c2cccc(C)c2)cc1. The van der Waals surface area contributed by atoms with E-state index in [0.717, 1.165) is 16.8 Å². The number of amides is 2. The number of hydrogen-bond acceptors (Lipinski definition) is 5. The van der Waals surface area contributed by atoms with Gasteiger partial charge in [0, 0.05) is 17.8 Å². The van der Waals surface area contributed by atoms with Gasteiger partial charge in [0.05, 0.1) is 18.8 Å². The number of thioether (sulfide) groups is 1. The number of benzene rings is 2. The van der Waals surface area contributed by atoms with Crippen LogP contribution in [0.15, 0.2) is 48.5 Å². The van der Waals surface area contributed by atoms with Crippen molar-refractivity contribution in [1.29, 1.82) is 0 Å². The van der Waals surface area contributed by atoms with Gasteiger partial charge in [0.1, 0.15) is 5.37 Å². The maximum atomic E-state index is 12.5. The van der Waals surface area contributed by atoms with E-state index in [-0.39, 0.29) is 36.0 Å². The molecule has 0 aromatic heterocycles. The van der Waals surface area contributed by atoms with Crippen LogP contribution in [0.3, 0.4) is 0 Å². The van der Waals surface area contributed by atoms with Crippen LogP contribution in [-0.4, -0.2) is 30.1 Å². The Morgan fingerprint density at radius 2 is 1.93 bits per heavy atom. The number of nitrogens with zero attached hydrogens (tertiary/aromatic N) is 1. The average molecular weight is 413 g/mol. The highest BCUT2D eigenvalue weighted by Crippen LogP contribution is 2.42. The third-order valence-electron chi connectivity index (χ3n) is 4.49. The van der Waals surface area contributed by atoms with E-state index in [0.29, 0.717) is 18.0 Å². The van der Waals surface area contributed by atoms with E-state index in [1.165, 1.54) is 0 Å². The van der Waals surface area contributed by atoms with E-state index in [9.17, 15) is 14.4 Å². The molecule has 1 N–H and O–H groups in total. The number of nitrogens with one attached hydrogen (secondary N) is 1. The molecule has 29 heavy (non-hydrogen) atoms. The Morgan fingerprint density at radius 3 is 2.62 bits per heavy atom. The van der Waals surface area contributed by atoms with Gasteiger partial charge in [0.2, 0.25) is 11.8 Å². The van der Waals surface area contributed by atoms with E-state index < -0.39 is 0 Å². The van der Waals surface area contributed by atoms with Crippen LogP contribution in [0.25, 0.3) is 0 Å². The molecule has 2 aromatic carbocycles. The summed E-state index contributed by atoms with van der Waals surface area (Å²) in [5.74, 6) is -0.0953. The van der Waals surface area contributed by atoms with Crippen molar-refractivity contribution >= 4 is 40.9 Å². The van der Waals surface area contributed by atoms with Crippen molar-refractivity contribution in [2.24, 2.45) is 0 Å². The predicted octanol–water partition coefficient (Wildman–Crippen LogP) is 4.06. The van der Waals surface area contributed by atoms with Crippen LogP contribution >= 0.6 is 11.8 Å². The molecule has 7 heteroatoms. The second kappa shape index (κ2) is 9.60. The van der Waals surface area contributed by atoms with Gasteiger partial charge in [-0.05, 0) is 49.2 Å². The molecule has 1 aliphatic rings. The van der Waals surface area contributed by atoms with Crippen molar-refractivity contribution in [3.63, 3.8) is 0 Å². The van der Waals surface area contributed by atoms with Crippen molar-refractivity contribution in [2.45, 2.75) is 32.1 Å². The number of rotatable bonds is 7. The first-order valence-electron chi connectivity index (χ1n) is 9.53. The first-order chi connectivity index (χ1) is 14.0. The molecular formula is C22H24N2O4S. The molecule has 1 atom stereocenters. The van der Waals surface area contributed by atoms with Crippen molar-refractivity contribution in [3.05, 3.63) is 59.7 Å². The van der Waals surface area contributed by atoms with Crippen molar-refractivity contribution in [2.75, 3.05) is 22.6 Å². The first-order valence-corrected chi connectivity index (χ1v) is 10.6. The molecule has 1 saturated heterocycles. The van der Waals surface area contributed by atoms with Crippen LogP contribution in [0.1, 0.15) is 36.3 Å². The molecule has 152 valence electrons. The summed E-state index contributed by atoms with van der Waals surface area (Å²) in [7, 11) is 0. The fourth-order valence-electron chi connectivity index (χ4n) is 3.13. The molecule has 0 spiro atoms. The largest absolute Gasteiger partial charge is 0.466 e. The standard InChI is InChI=1S/C22H24N2O4S/c1-3-28-21(27)12-11-19(25)23-17-9-7-16(8-10-17)22-24(20(26)14-29-22)18-6-4-5-15(2)13-18/h4-10,13,22H,3,11-12,14H2,1-2H3,(H,23,25)/t22-/m0/s1. The highest BCUT2D eigenvalue weighted by Gasteiger charge is 2.34. The van der Waals surface area contributed by atoms with E-state index in [4.69, 9.17) is 4.74 Å². The highest BCUT2D eigenvalue weighted by molar-refractivity contribution is 8.00. The quantitative estimate of drug-likeness (QED) is 0.694. The van der Waals surface area contributed by atoms with E-state index in [1.54, 1.807) is 18.7 Å². The monoisotopic (exact) mass is 412 g/mol. The summed E-state index contributed by atoms with van der Waals surface area (Å²) in [5.41, 5.74) is 3.64. The molecule has 1 heterocycles. The molecule has 0 radical (unpaired) electrons. The summed E-state index contributed by atoms with van der Waals surface area (Å²) < 4.78 is 4.82. The summed E-state index contributed by atoms with van der Waals surface area (Å²) in [5, 5.41) is 2.68. The summed E-state index contributed by atoms with van der Waals surface area (Å²) >= 11 is 1.59. The van der Waals surface area contributed by atoms with Gasteiger partial charge < -0.3 is 10.1 Å². The average Bonchev–Trinajstić information content (AvgIpc) is 3.09.